The van der Waals surface area contributed by atoms with Gasteiger partial charge in [-0.05, 0) is 65.6 Å². The Bertz CT molecular complexity index is 1900. The normalized spacial score (nSPS) is 18.7. The first-order valence-electron chi connectivity index (χ1n) is 13.9. The van der Waals surface area contributed by atoms with Gasteiger partial charge >= 0.3 is 0 Å². The largest absolute Gasteiger partial charge is 0.346 e. The maximum absolute atomic E-state index is 15.1. The first-order chi connectivity index (χ1) is 21.1. The minimum absolute atomic E-state index is 0.0949. The van der Waals surface area contributed by atoms with Crippen LogP contribution >= 0.6 is 0 Å². The van der Waals surface area contributed by atoms with Gasteiger partial charge in [-0.15, -0.1) is 0 Å². The lowest BCUT2D eigenvalue weighted by atomic mass is 9.94. The molecule has 0 aliphatic heterocycles. The van der Waals surface area contributed by atoms with Crippen LogP contribution in [-0.4, -0.2) is 25.7 Å². The van der Waals surface area contributed by atoms with E-state index in [0.717, 1.165) is 34.5 Å². The van der Waals surface area contributed by atoms with Gasteiger partial charge in [0.15, 0.2) is 0 Å². The monoisotopic (exact) mass is 607 g/mol. The molecule has 0 spiro atoms. The second-order valence-electron chi connectivity index (χ2n) is 11.2. The van der Waals surface area contributed by atoms with Crippen molar-refractivity contribution < 1.29 is 31.1 Å². The number of nitrogens with zero attached hydrogens (tertiary/aromatic N) is 4. The van der Waals surface area contributed by atoms with Crippen LogP contribution in [0.4, 0.5) is 26.3 Å². The molecule has 2 aliphatic rings. The summed E-state index contributed by atoms with van der Waals surface area (Å²) in [6.07, 6.45) is 1.77. The molecule has 1 N–H and O–H groups in total. The number of fused-ring (bicyclic) bond motifs is 4. The lowest BCUT2D eigenvalue weighted by Gasteiger charge is -2.22. The van der Waals surface area contributed by atoms with E-state index >= 15 is 8.78 Å². The second kappa shape index (κ2) is 10.5. The minimum atomic E-state index is -3.39. The maximum atomic E-state index is 15.1. The van der Waals surface area contributed by atoms with Crippen molar-refractivity contribution >= 4 is 16.7 Å². The molecular formula is C32H23F6N5O. The van der Waals surface area contributed by atoms with Crippen molar-refractivity contribution in [1.29, 1.82) is 0 Å². The highest BCUT2D eigenvalue weighted by Gasteiger charge is 2.67. The lowest BCUT2D eigenvalue weighted by Crippen LogP contribution is -2.35. The van der Waals surface area contributed by atoms with Crippen molar-refractivity contribution in [3.05, 3.63) is 113 Å². The van der Waals surface area contributed by atoms with Crippen molar-refractivity contribution in [1.82, 2.24) is 25.1 Å². The van der Waals surface area contributed by atoms with Gasteiger partial charge in [-0.1, -0.05) is 18.2 Å². The maximum Gasteiger partial charge on any atom is 0.293 e. The molecule has 3 unspecified atom stereocenters. The molecule has 2 aromatic carbocycles. The summed E-state index contributed by atoms with van der Waals surface area (Å²) in [5.41, 5.74) is 0.347. The van der Waals surface area contributed by atoms with Gasteiger partial charge in [0.25, 0.3) is 12.3 Å². The summed E-state index contributed by atoms with van der Waals surface area (Å²) >= 11 is 0. The molecule has 7 rings (SSSR count). The number of benzene rings is 2. The molecule has 224 valence electrons. The predicted octanol–water partition coefficient (Wildman–Crippen LogP) is 7.02. The summed E-state index contributed by atoms with van der Waals surface area (Å²) in [6, 6.07) is 12.9. The summed E-state index contributed by atoms with van der Waals surface area (Å²) in [4.78, 5) is 22.1. The number of hydrogen-bond donors (Lipinski definition) is 1. The number of pyridine rings is 2. The molecule has 12 heteroatoms. The number of nitrogens with one attached hydrogen (secondary N) is 1. The molecule has 1 saturated carbocycles. The van der Waals surface area contributed by atoms with Crippen LogP contribution in [0.25, 0.3) is 21.9 Å². The average molecular weight is 608 g/mol. The van der Waals surface area contributed by atoms with Crippen molar-refractivity contribution in [2.45, 2.75) is 43.7 Å². The summed E-state index contributed by atoms with van der Waals surface area (Å²) in [6.45, 7) is -0.761. The number of carbonyl (C=O) groups excluding carboxylic acids is 1. The number of amides is 1. The van der Waals surface area contributed by atoms with Crippen molar-refractivity contribution in [2.75, 3.05) is 0 Å². The fourth-order valence-corrected chi connectivity index (χ4v) is 6.32. The highest BCUT2D eigenvalue weighted by Crippen LogP contribution is 2.68. The van der Waals surface area contributed by atoms with Crippen LogP contribution in [0.5, 0.6) is 0 Å². The number of alkyl halides is 4. The third kappa shape index (κ3) is 4.87. The van der Waals surface area contributed by atoms with E-state index < -0.39 is 65.7 Å². The van der Waals surface area contributed by atoms with E-state index in [2.05, 4.69) is 20.4 Å². The summed E-state index contributed by atoms with van der Waals surface area (Å²) in [7, 11) is 0. The SMILES string of the molecule is O=C(Cn1nc(C(F)F)c2c1C(F)(F)C1CC21)NC(Cc1cc(F)cc(F)c1)c1ncccc1-c1ccc2cnccc2c1. The number of aromatic nitrogens is 4. The topological polar surface area (TPSA) is 72.7 Å². The Kier molecular flexibility index (Phi) is 6.67. The highest BCUT2D eigenvalue weighted by atomic mass is 19.3. The zero-order valence-electron chi connectivity index (χ0n) is 22.8. The quantitative estimate of drug-likeness (QED) is 0.193. The van der Waals surface area contributed by atoms with E-state index in [1.54, 1.807) is 24.5 Å². The molecular weight excluding hydrogens is 584 g/mol. The molecule has 6 nitrogen and oxygen atoms in total. The van der Waals surface area contributed by atoms with Gasteiger partial charge in [-0.25, -0.2) is 17.6 Å². The molecule has 0 saturated heterocycles. The molecule has 0 radical (unpaired) electrons. The molecule has 3 aromatic heterocycles. The van der Waals surface area contributed by atoms with Crippen LogP contribution in [0.1, 0.15) is 53.0 Å². The smallest absolute Gasteiger partial charge is 0.293 e. The molecule has 0 bridgehead atoms. The van der Waals surface area contributed by atoms with Gasteiger partial charge in [0.1, 0.15) is 29.6 Å². The Balaban J connectivity index is 1.25. The lowest BCUT2D eigenvalue weighted by molar-refractivity contribution is -0.123. The first-order valence-corrected chi connectivity index (χ1v) is 13.9. The van der Waals surface area contributed by atoms with Crippen LogP contribution in [0.3, 0.4) is 0 Å². The van der Waals surface area contributed by atoms with Crippen LogP contribution in [-0.2, 0) is 23.7 Å². The van der Waals surface area contributed by atoms with Crippen LogP contribution in [0, 0.1) is 17.6 Å². The zero-order valence-corrected chi connectivity index (χ0v) is 22.8. The van der Waals surface area contributed by atoms with Crippen LogP contribution in [0.2, 0.25) is 0 Å². The summed E-state index contributed by atoms with van der Waals surface area (Å²) < 4.78 is 86.6. The summed E-state index contributed by atoms with van der Waals surface area (Å²) in [5, 5.41) is 8.26. The molecule has 3 atom stereocenters. The van der Waals surface area contributed by atoms with Gasteiger partial charge < -0.3 is 5.32 Å². The molecule has 1 fully saturated rings. The second-order valence-corrected chi connectivity index (χ2v) is 11.2. The minimum Gasteiger partial charge on any atom is -0.346 e. The van der Waals surface area contributed by atoms with Gasteiger partial charge in [0.2, 0.25) is 5.91 Å². The molecule has 1 amide bonds. The van der Waals surface area contributed by atoms with Crippen molar-refractivity contribution in [3.8, 4) is 11.1 Å². The van der Waals surface area contributed by atoms with Gasteiger partial charge in [-0.2, -0.15) is 13.9 Å². The number of carbonyl (C=O) groups is 1. The third-order valence-electron chi connectivity index (χ3n) is 8.28. The molecule has 5 aromatic rings. The van der Waals surface area contributed by atoms with Gasteiger partial charge in [-0.3, -0.25) is 19.4 Å². The summed E-state index contributed by atoms with van der Waals surface area (Å²) in [5.74, 6) is -7.62. The van der Waals surface area contributed by atoms with E-state index in [-0.39, 0.29) is 24.0 Å². The Labute approximate surface area is 246 Å². The fraction of sp³-hybridized carbons (Fsp3) is 0.250. The Morgan fingerprint density at radius 2 is 1.80 bits per heavy atom. The van der Waals surface area contributed by atoms with E-state index in [1.165, 1.54) is 6.20 Å². The Morgan fingerprint density at radius 3 is 2.57 bits per heavy atom. The zero-order chi connectivity index (χ0) is 30.7. The van der Waals surface area contributed by atoms with Crippen molar-refractivity contribution in [3.63, 3.8) is 0 Å². The van der Waals surface area contributed by atoms with E-state index in [4.69, 9.17) is 0 Å². The van der Waals surface area contributed by atoms with Gasteiger partial charge in [0, 0.05) is 47.1 Å². The van der Waals surface area contributed by atoms with Crippen molar-refractivity contribution in [2.24, 2.45) is 5.92 Å². The predicted molar refractivity (Wildman–Crippen MR) is 148 cm³/mol. The fourth-order valence-electron chi connectivity index (χ4n) is 6.32. The number of rotatable bonds is 8. The van der Waals surface area contributed by atoms with E-state index in [9.17, 15) is 22.4 Å². The van der Waals surface area contributed by atoms with Crippen LogP contribution < -0.4 is 5.32 Å². The van der Waals surface area contributed by atoms with E-state index in [1.807, 2.05) is 24.3 Å². The number of halogens is 6. The Morgan fingerprint density at radius 1 is 1.00 bits per heavy atom. The molecule has 3 heterocycles. The standard InChI is InChI=1S/C32H23F6N5O/c33-20-8-16(9-21(34)12-20)10-25(28-22(2-1-6-40-28)18-3-4-19-14-39-7-5-17(19)11-18)41-26(44)15-43-30-27(29(42-43)31(35)36)23-13-24(23)32(30,37)38/h1-9,11-12,14,23-25,31H,10,13,15H2,(H,41,44). The Hall–Kier alpha value is -4.74. The number of hydrogen-bond acceptors (Lipinski definition) is 4. The van der Waals surface area contributed by atoms with Crippen LogP contribution in [0.15, 0.2) is 73.2 Å². The third-order valence-corrected chi connectivity index (χ3v) is 8.28. The molecule has 2 aliphatic carbocycles. The van der Waals surface area contributed by atoms with Gasteiger partial charge in [0.05, 0.1) is 11.7 Å². The average Bonchev–Trinajstić information content (AvgIpc) is 3.64. The van der Waals surface area contributed by atoms with E-state index in [0.29, 0.717) is 15.9 Å². The highest BCUT2D eigenvalue weighted by molar-refractivity contribution is 5.87. The first kappa shape index (κ1) is 28.1. The molecule has 44 heavy (non-hydrogen) atoms.